The molecule has 1 aromatic carbocycles. The number of pyridine rings is 2. The molecule has 0 saturated heterocycles. The lowest BCUT2D eigenvalue weighted by molar-refractivity contribution is -0.192. The Morgan fingerprint density at radius 2 is 1.45 bits per heavy atom. The SMILES string of the molecule is O=C(N[C@@H](c1ccc(C(F)(F)F)cc1)c1ncccc1C(F)(F)F)c1ccc2nccn2c1.O=C(O)C(F)(F)F. The number of hydrogen-bond acceptors (Lipinski definition) is 4. The number of nitrogens with zero attached hydrogens (tertiary/aromatic N) is 3. The molecule has 16 heteroatoms. The van der Waals surface area contributed by atoms with Crippen LogP contribution in [0, 0.1) is 0 Å². The quantitative estimate of drug-likeness (QED) is 0.293. The summed E-state index contributed by atoms with van der Waals surface area (Å²) in [5.74, 6) is -3.50. The summed E-state index contributed by atoms with van der Waals surface area (Å²) >= 11 is 0. The van der Waals surface area contributed by atoms with E-state index in [4.69, 9.17) is 9.90 Å². The van der Waals surface area contributed by atoms with E-state index in [9.17, 15) is 44.3 Å². The number of aromatic nitrogens is 3. The van der Waals surface area contributed by atoms with E-state index in [0.717, 1.165) is 42.6 Å². The van der Waals surface area contributed by atoms with Gasteiger partial charge < -0.3 is 14.8 Å². The summed E-state index contributed by atoms with van der Waals surface area (Å²) in [7, 11) is 0. The summed E-state index contributed by atoms with van der Waals surface area (Å²) in [5.41, 5.74) is -1.96. The van der Waals surface area contributed by atoms with Crippen molar-refractivity contribution in [2.24, 2.45) is 0 Å². The van der Waals surface area contributed by atoms with Gasteiger partial charge in [-0.3, -0.25) is 9.78 Å². The zero-order chi connectivity index (χ0) is 29.9. The van der Waals surface area contributed by atoms with E-state index in [1.165, 1.54) is 18.5 Å². The Morgan fingerprint density at radius 3 is 2.00 bits per heavy atom. The highest BCUT2D eigenvalue weighted by molar-refractivity contribution is 5.94. The van der Waals surface area contributed by atoms with Crippen LogP contribution < -0.4 is 5.32 Å². The Balaban J connectivity index is 0.000000559. The number of alkyl halides is 9. The molecule has 0 bridgehead atoms. The third kappa shape index (κ3) is 7.27. The molecule has 1 atom stereocenters. The van der Waals surface area contributed by atoms with E-state index in [2.05, 4.69) is 15.3 Å². The summed E-state index contributed by atoms with van der Waals surface area (Å²) in [5, 5.41) is 9.60. The number of imidazole rings is 1. The number of hydrogen-bond donors (Lipinski definition) is 2. The third-order valence-corrected chi connectivity index (χ3v) is 5.16. The van der Waals surface area contributed by atoms with Gasteiger partial charge in [-0.2, -0.15) is 39.5 Å². The minimum atomic E-state index is -5.08. The molecule has 40 heavy (non-hydrogen) atoms. The molecular formula is C24H15F9N4O3. The number of nitrogens with one attached hydrogen (secondary N) is 1. The van der Waals surface area contributed by atoms with Gasteiger partial charge in [0.2, 0.25) is 0 Å². The molecule has 2 N–H and O–H groups in total. The first-order chi connectivity index (χ1) is 18.5. The highest BCUT2D eigenvalue weighted by Gasteiger charge is 2.39. The Morgan fingerprint density at radius 1 is 0.825 bits per heavy atom. The fourth-order valence-electron chi connectivity index (χ4n) is 3.33. The average Bonchev–Trinajstić information content (AvgIpc) is 3.34. The van der Waals surface area contributed by atoms with Crippen LogP contribution in [0.3, 0.4) is 0 Å². The van der Waals surface area contributed by atoms with Crippen molar-refractivity contribution in [3.05, 3.63) is 101 Å². The molecule has 0 aliphatic rings. The Bertz CT molecular complexity index is 1490. The van der Waals surface area contributed by atoms with Crippen LogP contribution in [0.4, 0.5) is 39.5 Å². The molecule has 0 radical (unpaired) electrons. The summed E-state index contributed by atoms with van der Waals surface area (Å²) in [6, 6.07) is 6.91. The molecule has 0 fully saturated rings. The second kappa shape index (κ2) is 11.2. The number of aliphatic carboxylic acids is 1. The van der Waals surface area contributed by atoms with Gasteiger partial charge in [-0.15, -0.1) is 0 Å². The first-order valence-corrected chi connectivity index (χ1v) is 10.7. The van der Waals surface area contributed by atoms with Crippen molar-refractivity contribution in [2.75, 3.05) is 0 Å². The second-order valence-corrected chi connectivity index (χ2v) is 7.87. The monoisotopic (exact) mass is 578 g/mol. The van der Waals surface area contributed by atoms with Crippen molar-refractivity contribution in [1.29, 1.82) is 0 Å². The summed E-state index contributed by atoms with van der Waals surface area (Å²) < 4.78 is 113. The molecule has 0 saturated carbocycles. The van der Waals surface area contributed by atoms with Crippen molar-refractivity contribution in [2.45, 2.75) is 24.6 Å². The molecule has 4 aromatic rings. The van der Waals surface area contributed by atoms with Gasteiger partial charge in [0.05, 0.1) is 28.4 Å². The van der Waals surface area contributed by atoms with Crippen LogP contribution in [0.5, 0.6) is 0 Å². The Hall–Kier alpha value is -4.63. The summed E-state index contributed by atoms with van der Waals surface area (Å²) in [4.78, 5) is 29.7. The van der Waals surface area contributed by atoms with E-state index in [0.29, 0.717) is 5.65 Å². The molecule has 7 nitrogen and oxygen atoms in total. The van der Waals surface area contributed by atoms with Crippen molar-refractivity contribution in [1.82, 2.24) is 19.7 Å². The number of benzene rings is 1. The molecule has 0 unspecified atom stereocenters. The van der Waals surface area contributed by atoms with Crippen molar-refractivity contribution in [3.63, 3.8) is 0 Å². The van der Waals surface area contributed by atoms with E-state index >= 15 is 0 Å². The van der Waals surface area contributed by atoms with Gasteiger partial charge in [-0.25, -0.2) is 9.78 Å². The van der Waals surface area contributed by atoms with Crippen LogP contribution in [-0.4, -0.2) is 37.5 Å². The molecule has 4 rings (SSSR count). The van der Waals surface area contributed by atoms with Crippen molar-refractivity contribution < 1.29 is 54.2 Å². The van der Waals surface area contributed by atoms with Crippen LogP contribution in [0.25, 0.3) is 5.65 Å². The number of carbonyl (C=O) groups is 2. The molecule has 0 aliphatic carbocycles. The fourth-order valence-corrected chi connectivity index (χ4v) is 3.33. The molecule has 0 spiro atoms. The van der Waals surface area contributed by atoms with Crippen LogP contribution in [-0.2, 0) is 17.1 Å². The molecule has 3 aromatic heterocycles. The van der Waals surface area contributed by atoms with Crippen LogP contribution >= 0.6 is 0 Å². The second-order valence-electron chi connectivity index (χ2n) is 7.87. The maximum atomic E-state index is 13.6. The molecule has 3 heterocycles. The van der Waals surface area contributed by atoms with E-state index in [1.807, 2.05) is 0 Å². The van der Waals surface area contributed by atoms with Gasteiger partial charge in [-0.1, -0.05) is 12.1 Å². The van der Waals surface area contributed by atoms with E-state index in [-0.39, 0.29) is 11.1 Å². The van der Waals surface area contributed by atoms with E-state index in [1.54, 1.807) is 16.7 Å². The Kier molecular flexibility index (Phi) is 8.40. The zero-order valence-corrected chi connectivity index (χ0v) is 19.5. The highest BCUT2D eigenvalue weighted by atomic mass is 19.4. The number of rotatable bonds is 4. The lowest BCUT2D eigenvalue weighted by atomic mass is 9.97. The number of amides is 1. The van der Waals surface area contributed by atoms with Gasteiger partial charge in [0, 0.05) is 24.8 Å². The minimum absolute atomic E-state index is 0.00394. The number of halogens is 9. The topological polar surface area (TPSA) is 96.6 Å². The summed E-state index contributed by atoms with van der Waals surface area (Å²) in [6.45, 7) is 0. The first kappa shape index (κ1) is 29.9. The van der Waals surface area contributed by atoms with Gasteiger partial charge in [0.15, 0.2) is 0 Å². The predicted octanol–water partition coefficient (Wildman–Crippen LogP) is 5.92. The number of carboxylic acid groups (broad SMARTS) is 1. The number of carboxylic acids is 1. The molecule has 212 valence electrons. The maximum absolute atomic E-state index is 13.6. The zero-order valence-electron chi connectivity index (χ0n) is 19.5. The normalized spacial score (nSPS) is 12.8. The van der Waals surface area contributed by atoms with Crippen LogP contribution in [0.15, 0.2) is 73.3 Å². The van der Waals surface area contributed by atoms with Crippen LogP contribution in [0.2, 0.25) is 0 Å². The first-order valence-electron chi connectivity index (χ1n) is 10.7. The third-order valence-electron chi connectivity index (χ3n) is 5.16. The largest absolute Gasteiger partial charge is 0.490 e. The minimum Gasteiger partial charge on any atom is -0.475 e. The van der Waals surface area contributed by atoms with Crippen molar-refractivity contribution in [3.8, 4) is 0 Å². The standard InChI is InChI=1S/C22H14F6N4O.C2HF3O2/c23-21(24,25)15-6-3-13(4-7-15)18(19-16(22(26,27)28)2-1-9-30-19)31-20(33)14-5-8-17-29-10-11-32(17)12-14;3-2(4,5)1(6)7/h1-12,18H,(H,31,33);(H,6,7)/t18-;/m0./s1. The predicted molar refractivity (Wildman–Crippen MR) is 119 cm³/mol. The fraction of sp³-hybridized carbons (Fsp3) is 0.167. The average molecular weight is 578 g/mol. The number of fused-ring (bicyclic) bond motifs is 1. The lowest BCUT2D eigenvalue weighted by Crippen LogP contribution is -2.32. The van der Waals surface area contributed by atoms with Gasteiger partial charge in [0.1, 0.15) is 5.65 Å². The molecule has 0 aliphatic heterocycles. The summed E-state index contributed by atoms with van der Waals surface area (Å²) in [6.07, 6.45) is -8.87. The van der Waals surface area contributed by atoms with Gasteiger partial charge >= 0.3 is 24.5 Å². The molecular weight excluding hydrogens is 563 g/mol. The van der Waals surface area contributed by atoms with Gasteiger partial charge in [0.25, 0.3) is 5.91 Å². The maximum Gasteiger partial charge on any atom is 0.490 e. The lowest BCUT2D eigenvalue weighted by Gasteiger charge is -2.23. The van der Waals surface area contributed by atoms with Gasteiger partial charge in [-0.05, 0) is 42.0 Å². The highest BCUT2D eigenvalue weighted by Crippen LogP contribution is 2.36. The van der Waals surface area contributed by atoms with Crippen molar-refractivity contribution >= 4 is 17.5 Å². The van der Waals surface area contributed by atoms with Crippen LogP contribution in [0.1, 0.15) is 38.8 Å². The molecule has 1 amide bonds. The van der Waals surface area contributed by atoms with E-state index < -0.39 is 53.3 Å². The Labute approximate surface area is 217 Å². The number of carbonyl (C=O) groups excluding carboxylic acids is 1. The smallest absolute Gasteiger partial charge is 0.475 e.